The topological polar surface area (TPSA) is 93.0 Å². The van der Waals surface area contributed by atoms with Crippen molar-refractivity contribution in [2.24, 2.45) is 7.05 Å². The molecule has 6 rings (SSSR count). The number of rotatable bonds is 5. The number of ether oxygens (including phenoxy) is 1. The number of benzene rings is 2. The number of pyridine rings is 1. The first kappa shape index (κ1) is 18.6. The lowest BCUT2D eigenvalue weighted by molar-refractivity contribution is 0.0698. The van der Waals surface area contributed by atoms with Crippen LogP contribution in [0.2, 0.25) is 0 Å². The van der Waals surface area contributed by atoms with Gasteiger partial charge in [-0.2, -0.15) is 5.10 Å². The Balaban J connectivity index is 1.36. The maximum atomic E-state index is 11.5. The van der Waals surface area contributed by atoms with E-state index in [9.17, 15) is 9.90 Å². The SMILES string of the molecule is Cn1nc(-c2cc3nccc(C(=O)O)c3[nH]2)c2ccc(Oc3ccc(C4CC4)cc3)cc21. The lowest BCUT2D eigenvalue weighted by Gasteiger charge is -2.07. The van der Waals surface area contributed by atoms with Gasteiger partial charge in [0.15, 0.2) is 0 Å². The van der Waals surface area contributed by atoms with Gasteiger partial charge < -0.3 is 14.8 Å². The van der Waals surface area contributed by atoms with Crippen LogP contribution in [0.15, 0.2) is 60.8 Å². The molecular formula is C25H20N4O3. The van der Waals surface area contributed by atoms with Crippen LogP contribution in [0.5, 0.6) is 11.5 Å². The molecule has 32 heavy (non-hydrogen) atoms. The Hall–Kier alpha value is -4.13. The largest absolute Gasteiger partial charge is 0.478 e. The molecule has 0 saturated heterocycles. The van der Waals surface area contributed by atoms with Gasteiger partial charge in [0, 0.05) is 24.7 Å². The number of hydrogen-bond acceptors (Lipinski definition) is 4. The van der Waals surface area contributed by atoms with Crippen LogP contribution in [0.1, 0.15) is 34.7 Å². The van der Waals surface area contributed by atoms with Gasteiger partial charge in [-0.15, -0.1) is 0 Å². The van der Waals surface area contributed by atoms with Gasteiger partial charge in [0.05, 0.1) is 27.8 Å². The first-order valence-electron chi connectivity index (χ1n) is 10.5. The van der Waals surface area contributed by atoms with Crippen LogP contribution in [-0.4, -0.2) is 30.8 Å². The molecule has 0 spiro atoms. The summed E-state index contributed by atoms with van der Waals surface area (Å²) in [6, 6.07) is 17.5. The van der Waals surface area contributed by atoms with Gasteiger partial charge in [0.1, 0.15) is 17.2 Å². The molecule has 1 fully saturated rings. The van der Waals surface area contributed by atoms with Crippen molar-refractivity contribution in [3.63, 3.8) is 0 Å². The molecule has 0 atom stereocenters. The second-order valence-corrected chi connectivity index (χ2v) is 8.20. The Morgan fingerprint density at radius 3 is 2.62 bits per heavy atom. The van der Waals surface area contributed by atoms with E-state index in [1.165, 1.54) is 30.7 Å². The molecule has 0 unspecified atom stereocenters. The summed E-state index contributed by atoms with van der Waals surface area (Å²) in [6.07, 6.45) is 4.06. The molecular weight excluding hydrogens is 404 g/mol. The summed E-state index contributed by atoms with van der Waals surface area (Å²) >= 11 is 0. The van der Waals surface area contributed by atoms with Crippen LogP contribution in [0, 0.1) is 0 Å². The molecule has 1 aliphatic rings. The molecule has 1 aliphatic carbocycles. The number of aromatic nitrogens is 4. The average molecular weight is 424 g/mol. The number of aromatic carboxylic acids is 1. The lowest BCUT2D eigenvalue weighted by Crippen LogP contribution is -1.97. The van der Waals surface area contributed by atoms with Crippen LogP contribution in [0.3, 0.4) is 0 Å². The molecule has 2 N–H and O–H groups in total. The molecule has 158 valence electrons. The van der Waals surface area contributed by atoms with Crippen molar-refractivity contribution in [2.45, 2.75) is 18.8 Å². The molecule has 7 nitrogen and oxygen atoms in total. The highest BCUT2D eigenvalue weighted by Gasteiger charge is 2.23. The lowest BCUT2D eigenvalue weighted by atomic mass is 10.1. The van der Waals surface area contributed by atoms with Gasteiger partial charge in [-0.05, 0) is 60.7 Å². The summed E-state index contributed by atoms with van der Waals surface area (Å²) in [5.74, 6) is 1.26. The third kappa shape index (κ3) is 3.10. The normalized spacial score (nSPS) is 13.7. The Labute approximate surface area is 183 Å². The van der Waals surface area contributed by atoms with E-state index in [-0.39, 0.29) is 5.56 Å². The Kier molecular flexibility index (Phi) is 4.04. The molecule has 2 aromatic carbocycles. The standard InChI is InChI=1S/C25H20N4O3/c1-29-22-12-17(32-16-6-4-15(5-7-16)14-2-3-14)8-9-18(22)24(28-29)21-13-20-23(27-21)19(25(30)31)10-11-26-20/h4-14,27H,2-3H2,1H3,(H,30,31). The number of carbonyl (C=O) groups is 1. The van der Waals surface area contributed by atoms with E-state index in [2.05, 4.69) is 27.2 Å². The van der Waals surface area contributed by atoms with Crippen molar-refractivity contribution >= 4 is 27.9 Å². The highest BCUT2D eigenvalue weighted by Crippen LogP contribution is 2.40. The number of hydrogen-bond donors (Lipinski definition) is 2. The van der Waals surface area contributed by atoms with Crippen LogP contribution < -0.4 is 4.74 Å². The molecule has 0 amide bonds. The number of aryl methyl sites for hydroxylation is 1. The van der Waals surface area contributed by atoms with E-state index in [1.54, 1.807) is 4.68 Å². The third-order valence-corrected chi connectivity index (χ3v) is 5.99. The predicted octanol–water partition coefficient (Wildman–Crippen LogP) is 5.48. The molecule has 7 heteroatoms. The van der Waals surface area contributed by atoms with E-state index >= 15 is 0 Å². The summed E-state index contributed by atoms with van der Waals surface area (Å²) in [5, 5.41) is 15.1. The minimum Gasteiger partial charge on any atom is -0.478 e. The van der Waals surface area contributed by atoms with Crippen LogP contribution in [-0.2, 0) is 7.05 Å². The van der Waals surface area contributed by atoms with E-state index in [0.29, 0.717) is 11.0 Å². The van der Waals surface area contributed by atoms with Crippen LogP contribution >= 0.6 is 0 Å². The second kappa shape index (κ2) is 6.95. The van der Waals surface area contributed by atoms with Crippen molar-refractivity contribution in [1.82, 2.24) is 19.7 Å². The zero-order valence-electron chi connectivity index (χ0n) is 17.4. The smallest absolute Gasteiger partial charge is 0.337 e. The summed E-state index contributed by atoms with van der Waals surface area (Å²) in [4.78, 5) is 19.0. The third-order valence-electron chi connectivity index (χ3n) is 5.99. The summed E-state index contributed by atoms with van der Waals surface area (Å²) in [6.45, 7) is 0. The molecule has 5 aromatic rings. The number of nitrogens with zero attached hydrogens (tertiary/aromatic N) is 3. The fourth-order valence-electron chi connectivity index (χ4n) is 4.19. The van der Waals surface area contributed by atoms with Crippen molar-refractivity contribution < 1.29 is 14.6 Å². The molecule has 3 heterocycles. The predicted molar refractivity (Wildman–Crippen MR) is 121 cm³/mol. The number of carboxylic acid groups (broad SMARTS) is 1. The molecule has 1 saturated carbocycles. The zero-order valence-corrected chi connectivity index (χ0v) is 17.4. The highest BCUT2D eigenvalue weighted by atomic mass is 16.5. The fourth-order valence-corrected chi connectivity index (χ4v) is 4.19. The van der Waals surface area contributed by atoms with E-state index in [4.69, 9.17) is 4.74 Å². The molecule has 3 aromatic heterocycles. The van der Waals surface area contributed by atoms with Crippen LogP contribution in [0.25, 0.3) is 33.3 Å². The molecule has 0 aliphatic heterocycles. The molecule has 0 radical (unpaired) electrons. The first-order chi connectivity index (χ1) is 15.6. The minimum absolute atomic E-state index is 0.185. The number of nitrogens with one attached hydrogen (secondary N) is 1. The van der Waals surface area contributed by atoms with Gasteiger partial charge in [-0.1, -0.05) is 12.1 Å². The van der Waals surface area contributed by atoms with Crippen molar-refractivity contribution in [3.8, 4) is 22.9 Å². The van der Waals surface area contributed by atoms with Crippen molar-refractivity contribution in [1.29, 1.82) is 0 Å². The van der Waals surface area contributed by atoms with Gasteiger partial charge in [0.25, 0.3) is 0 Å². The van der Waals surface area contributed by atoms with E-state index in [1.807, 2.05) is 43.4 Å². The number of fused-ring (bicyclic) bond motifs is 2. The van der Waals surface area contributed by atoms with Crippen LogP contribution in [0.4, 0.5) is 0 Å². The van der Waals surface area contributed by atoms with E-state index in [0.717, 1.165) is 39.7 Å². The van der Waals surface area contributed by atoms with Gasteiger partial charge >= 0.3 is 5.97 Å². The summed E-state index contributed by atoms with van der Waals surface area (Å²) < 4.78 is 7.87. The number of aromatic amines is 1. The Bertz CT molecular complexity index is 1490. The first-order valence-corrected chi connectivity index (χ1v) is 10.5. The summed E-state index contributed by atoms with van der Waals surface area (Å²) in [7, 11) is 1.88. The fraction of sp³-hybridized carbons (Fsp3) is 0.160. The zero-order chi connectivity index (χ0) is 21.8. The van der Waals surface area contributed by atoms with Gasteiger partial charge in [0.2, 0.25) is 0 Å². The minimum atomic E-state index is -0.997. The second-order valence-electron chi connectivity index (χ2n) is 8.20. The highest BCUT2D eigenvalue weighted by molar-refractivity contribution is 6.03. The van der Waals surface area contributed by atoms with Crippen molar-refractivity contribution in [2.75, 3.05) is 0 Å². The van der Waals surface area contributed by atoms with Gasteiger partial charge in [-0.3, -0.25) is 9.67 Å². The van der Waals surface area contributed by atoms with Crippen molar-refractivity contribution in [3.05, 3.63) is 71.9 Å². The van der Waals surface area contributed by atoms with E-state index < -0.39 is 5.97 Å². The average Bonchev–Trinajstić information content (AvgIpc) is 3.47. The summed E-state index contributed by atoms with van der Waals surface area (Å²) in [5.41, 5.74) is 5.01. The maximum absolute atomic E-state index is 11.5. The van der Waals surface area contributed by atoms with Gasteiger partial charge in [-0.25, -0.2) is 4.79 Å². The maximum Gasteiger partial charge on any atom is 0.337 e. The number of carboxylic acids is 1. The Morgan fingerprint density at radius 1 is 1.09 bits per heavy atom. The number of H-pyrrole nitrogens is 1. The monoisotopic (exact) mass is 424 g/mol. The quantitative estimate of drug-likeness (QED) is 0.389. The molecule has 0 bridgehead atoms. The Morgan fingerprint density at radius 2 is 1.88 bits per heavy atom.